The van der Waals surface area contributed by atoms with E-state index in [2.05, 4.69) is 5.32 Å². The van der Waals surface area contributed by atoms with Crippen molar-refractivity contribution >= 4 is 12.1 Å². The first-order chi connectivity index (χ1) is 13.6. The Bertz CT molecular complexity index is 711. The molecule has 170 valence electrons. The van der Waals surface area contributed by atoms with E-state index in [9.17, 15) is 22.8 Å². The highest BCUT2D eigenvalue weighted by atomic mass is 19.4. The minimum atomic E-state index is -4.43. The molecule has 0 fully saturated rings. The van der Waals surface area contributed by atoms with Gasteiger partial charge in [-0.05, 0) is 64.8 Å². The van der Waals surface area contributed by atoms with E-state index < -0.39 is 47.7 Å². The Morgan fingerprint density at radius 1 is 0.967 bits per heavy atom. The highest BCUT2D eigenvalue weighted by Gasteiger charge is 2.32. The van der Waals surface area contributed by atoms with Crippen LogP contribution in [0.5, 0.6) is 5.75 Å². The molecule has 1 amide bonds. The van der Waals surface area contributed by atoms with Crippen LogP contribution in [0.25, 0.3) is 0 Å². The zero-order valence-electron chi connectivity index (χ0n) is 18.3. The average molecular weight is 433 g/mol. The van der Waals surface area contributed by atoms with Crippen LogP contribution in [0.4, 0.5) is 18.0 Å². The van der Waals surface area contributed by atoms with Crippen LogP contribution < -0.4 is 10.1 Å². The zero-order valence-corrected chi connectivity index (χ0v) is 18.3. The fourth-order valence-corrected chi connectivity index (χ4v) is 2.56. The van der Waals surface area contributed by atoms with Crippen LogP contribution in [0.2, 0.25) is 0 Å². The van der Waals surface area contributed by atoms with E-state index in [1.807, 2.05) is 13.8 Å². The molecule has 0 unspecified atom stereocenters. The molecule has 1 rings (SSSR count). The Labute approximate surface area is 175 Å². The Hall–Kier alpha value is -2.45. The molecule has 0 bridgehead atoms. The molecule has 0 heterocycles. The lowest BCUT2D eigenvalue weighted by atomic mass is 10.0. The first kappa shape index (κ1) is 25.6. The maximum atomic E-state index is 12.7. The number of carbonyl (C=O) groups is 2. The number of halogens is 3. The minimum absolute atomic E-state index is 0.146. The van der Waals surface area contributed by atoms with Crippen LogP contribution in [0, 0.1) is 5.92 Å². The SMILES string of the molecule is CC(C)[C@@H](OC(=O)[C@H](C)NC(=O)OC(C)(C)C)[C@H](C)Oc1ccc(C(F)(F)F)cc1. The summed E-state index contributed by atoms with van der Waals surface area (Å²) in [6.45, 7) is 11.8. The first-order valence-corrected chi connectivity index (χ1v) is 9.64. The van der Waals surface area contributed by atoms with Crippen LogP contribution in [0.3, 0.4) is 0 Å². The van der Waals surface area contributed by atoms with Gasteiger partial charge in [0.25, 0.3) is 0 Å². The predicted molar refractivity (Wildman–Crippen MR) is 105 cm³/mol. The molecule has 6 nitrogen and oxygen atoms in total. The van der Waals surface area contributed by atoms with E-state index in [1.165, 1.54) is 19.1 Å². The molecule has 0 saturated carbocycles. The molecule has 1 N–H and O–H groups in total. The van der Waals surface area contributed by atoms with Crippen LogP contribution in [-0.4, -0.2) is 35.9 Å². The monoisotopic (exact) mass is 433 g/mol. The van der Waals surface area contributed by atoms with E-state index in [0.29, 0.717) is 0 Å². The average Bonchev–Trinajstić information content (AvgIpc) is 2.56. The third-order valence-electron chi connectivity index (χ3n) is 3.96. The van der Waals surface area contributed by atoms with Gasteiger partial charge in [0.1, 0.15) is 29.6 Å². The number of benzene rings is 1. The van der Waals surface area contributed by atoms with Gasteiger partial charge in [0.05, 0.1) is 5.56 Å². The summed E-state index contributed by atoms with van der Waals surface area (Å²) in [4.78, 5) is 24.2. The Morgan fingerprint density at radius 3 is 1.93 bits per heavy atom. The van der Waals surface area contributed by atoms with Gasteiger partial charge >= 0.3 is 18.2 Å². The van der Waals surface area contributed by atoms with Crippen molar-refractivity contribution in [1.82, 2.24) is 5.32 Å². The zero-order chi connectivity index (χ0) is 23.3. The summed E-state index contributed by atoms with van der Waals surface area (Å²) in [5.74, 6) is -0.605. The number of nitrogens with one attached hydrogen (secondary N) is 1. The summed E-state index contributed by atoms with van der Waals surface area (Å²) in [6, 6.07) is 3.31. The second-order valence-electron chi connectivity index (χ2n) is 8.36. The molecule has 9 heteroatoms. The van der Waals surface area contributed by atoms with Crippen LogP contribution >= 0.6 is 0 Å². The topological polar surface area (TPSA) is 73.9 Å². The number of ether oxygens (including phenoxy) is 3. The normalized spacial score (nSPS) is 15.2. The number of rotatable bonds is 7. The van der Waals surface area contributed by atoms with Gasteiger partial charge in [-0.2, -0.15) is 13.2 Å². The molecule has 0 aliphatic rings. The number of alkyl carbamates (subject to hydrolysis) is 1. The number of alkyl halides is 3. The standard InChI is InChI=1S/C21H30F3NO5/c1-12(2)17(29-18(26)13(3)25-19(27)30-20(5,6)7)14(4)28-16-10-8-15(9-11-16)21(22,23)24/h8-14,17H,1-7H3,(H,25,27)/t13-,14-,17+/m0/s1. The molecular weight excluding hydrogens is 403 g/mol. The van der Waals surface area contributed by atoms with E-state index >= 15 is 0 Å². The molecule has 0 aromatic heterocycles. The molecule has 30 heavy (non-hydrogen) atoms. The van der Waals surface area contributed by atoms with Gasteiger partial charge in [-0.3, -0.25) is 0 Å². The second-order valence-corrected chi connectivity index (χ2v) is 8.36. The van der Waals surface area contributed by atoms with Gasteiger partial charge in [-0.1, -0.05) is 13.8 Å². The van der Waals surface area contributed by atoms with Crippen molar-refractivity contribution in [1.29, 1.82) is 0 Å². The Morgan fingerprint density at radius 2 is 1.50 bits per heavy atom. The van der Waals surface area contributed by atoms with Gasteiger partial charge in [-0.15, -0.1) is 0 Å². The van der Waals surface area contributed by atoms with Crippen molar-refractivity contribution in [2.45, 2.75) is 78.5 Å². The van der Waals surface area contributed by atoms with E-state index in [4.69, 9.17) is 14.2 Å². The second kappa shape index (κ2) is 10.0. The van der Waals surface area contributed by atoms with Crippen LogP contribution in [0.1, 0.15) is 54.0 Å². The van der Waals surface area contributed by atoms with Gasteiger partial charge in [-0.25, -0.2) is 9.59 Å². The number of esters is 1. The van der Waals surface area contributed by atoms with E-state index in [0.717, 1.165) is 12.1 Å². The molecule has 0 spiro atoms. The van der Waals surface area contributed by atoms with E-state index in [1.54, 1.807) is 27.7 Å². The number of carbonyl (C=O) groups excluding carboxylic acids is 2. The lowest BCUT2D eigenvalue weighted by Crippen LogP contribution is -2.46. The van der Waals surface area contributed by atoms with Crippen molar-refractivity contribution in [2.75, 3.05) is 0 Å². The molecule has 1 aromatic carbocycles. The molecule has 1 aromatic rings. The predicted octanol–water partition coefficient (Wildman–Crippen LogP) is 4.95. The van der Waals surface area contributed by atoms with Gasteiger partial charge in [0.2, 0.25) is 0 Å². The van der Waals surface area contributed by atoms with E-state index in [-0.39, 0.29) is 11.7 Å². The highest BCUT2D eigenvalue weighted by Crippen LogP contribution is 2.30. The fraction of sp³-hybridized carbons (Fsp3) is 0.619. The molecule has 0 radical (unpaired) electrons. The molecular formula is C21H30F3NO5. The molecule has 3 atom stereocenters. The maximum absolute atomic E-state index is 12.7. The van der Waals surface area contributed by atoms with Crippen LogP contribution in [-0.2, 0) is 20.4 Å². The quantitative estimate of drug-likeness (QED) is 0.616. The summed E-state index contributed by atoms with van der Waals surface area (Å²) in [5, 5.41) is 2.41. The smallest absolute Gasteiger partial charge is 0.416 e. The minimum Gasteiger partial charge on any atom is -0.487 e. The third kappa shape index (κ3) is 8.51. The number of hydrogen-bond donors (Lipinski definition) is 1. The summed E-state index contributed by atoms with van der Waals surface area (Å²) >= 11 is 0. The molecule has 0 aliphatic carbocycles. The van der Waals surface area contributed by atoms with Gasteiger partial charge < -0.3 is 19.5 Å². The Balaban J connectivity index is 2.74. The Kier molecular flexibility index (Phi) is 8.56. The summed E-state index contributed by atoms with van der Waals surface area (Å²) in [7, 11) is 0. The summed E-state index contributed by atoms with van der Waals surface area (Å²) in [5.41, 5.74) is -1.49. The summed E-state index contributed by atoms with van der Waals surface area (Å²) < 4.78 is 54.3. The fourth-order valence-electron chi connectivity index (χ4n) is 2.56. The lowest BCUT2D eigenvalue weighted by molar-refractivity contribution is -0.158. The van der Waals surface area contributed by atoms with Crippen molar-refractivity contribution in [3.63, 3.8) is 0 Å². The van der Waals surface area contributed by atoms with Crippen molar-refractivity contribution in [3.05, 3.63) is 29.8 Å². The van der Waals surface area contributed by atoms with Crippen LogP contribution in [0.15, 0.2) is 24.3 Å². The summed E-state index contributed by atoms with van der Waals surface area (Å²) in [6.07, 6.45) is -6.51. The van der Waals surface area contributed by atoms with Crippen molar-refractivity contribution < 1.29 is 37.0 Å². The molecule has 0 aliphatic heterocycles. The largest absolute Gasteiger partial charge is 0.487 e. The molecule has 0 saturated heterocycles. The highest BCUT2D eigenvalue weighted by molar-refractivity contribution is 5.81. The van der Waals surface area contributed by atoms with Gasteiger partial charge in [0.15, 0.2) is 0 Å². The lowest BCUT2D eigenvalue weighted by Gasteiger charge is -2.29. The van der Waals surface area contributed by atoms with Gasteiger partial charge in [0, 0.05) is 0 Å². The maximum Gasteiger partial charge on any atom is 0.416 e. The number of amides is 1. The van der Waals surface area contributed by atoms with Crippen molar-refractivity contribution in [3.8, 4) is 5.75 Å². The number of hydrogen-bond acceptors (Lipinski definition) is 5. The first-order valence-electron chi connectivity index (χ1n) is 9.64. The third-order valence-corrected chi connectivity index (χ3v) is 3.96. The van der Waals surface area contributed by atoms with Crippen molar-refractivity contribution in [2.24, 2.45) is 5.92 Å².